The van der Waals surface area contributed by atoms with Crippen LogP contribution in [0, 0.1) is 10.1 Å². The lowest BCUT2D eigenvalue weighted by atomic mass is 10.2. The molecule has 1 aromatic rings. The van der Waals surface area contributed by atoms with Gasteiger partial charge in [-0.05, 0) is 19.4 Å². The first-order chi connectivity index (χ1) is 9.47. The first kappa shape index (κ1) is 15.7. The summed E-state index contributed by atoms with van der Waals surface area (Å²) < 4.78 is 10.3. The predicted octanol–water partition coefficient (Wildman–Crippen LogP) is 1.90. The molecule has 0 radical (unpaired) electrons. The molecule has 1 amide bonds. The van der Waals surface area contributed by atoms with Gasteiger partial charge >= 0.3 is 0 Å². The summed E-state index contributed by atoms with van der Waals surface area (Å²) in [4.78, 5) is 21.8. The number of benzene rings is 1. The van der Waals surface area contributed by atoms with E-state index in [1.165, 1.54) is 25.3 Å². The summed E-state index contributed by atoms with van der Waals surface area (Å²) in [7, 11) is 1.42. The highest BCUT2D eigenvalue weighted by atomic mass is 16.6. The fourth-order valence-corrected chi connectivity index (χ4v) is 1.45. The molecule has 0 aromatic heterocycles. The normalized spacial score (nSPS) is 11.6. The van der Waals surface area contributed by atoms with Crippen molar-refractivity contribution in [3.05, 3.63) is 28.3 Å². The zero-order valence-electron chi connectivity index (χ0n) is 11.7. The fraction of sp³-hybridized carbons (Fsp3) is 0.462. The Morgan fingerprint density at radius 3 is 2.70 bits per heavy atom. The minimum absolute atomic E-state index is 0.0538. The molecule has 0 unspecified atom stereocenters. The van der Waals surface area contributed by atoms with Crippen LogP contribution in [0.2, 0.25) is 0 Å². The van der Waals surface area contributed by atoms with E-state index in [0.717, 1.165) is 6.42 Å². The van der Waals surface area contributed by atoms with Gasteiger partial charge in [0.05, 0.1) is 18.1 Å². The van der Waals surface area contributed by atoms with Gasteiger partial charge in [0, 0.05) is 12.1 Å². The molecule has 1 atom stereocenters. The van der Waals surface area contributed by atoms with E-state index in [4.69, 9.17) is 9.47 Å². The molecule has 0 aliphatic carbocycles. The lowest BCUT2D eigenvalue weighted by Crippen LogP contribution is -2.35. The van der Waals surface area contributed by atoms with Crippen LogP contribution >= 0.6 is 0 Å². The molecule has 0 saturated heterocycles. The number of carbonyl (C=O) groups excluding carboxylic acids is 1. The molecule has 1 N–H and O–H groups in total. The van der Waals surface area contributed by atoms with Gasteiger partial charge in [0.1, 0.15) is 0 Å². The highest BCUT2D eigenvalue weighted by Crippen LogP contribution is 2.30. The Labute approximate surface area is 117 Å². The van der Waals surface area contributed by atoms with Crippen molar-refractivity contribution in [3.63, 3.8) is 0 Å². The summed E-state index contributed by atoms with van der Waals surface area (Å²) in [5, 5.41) is 13.4. The molecule has 0 heterocycles. The van der Waals surface area contributed by atoms with Gasteiger partial charge in [0.15, 0.2) is 18.1 Å². The van der Waals surface area contributed by atoms with Crippen LogP contribution < -0.4 is 14.8 Å². The van der Waals surface area contributed by atoms with Crippen LogP contribution in [0.4, 0.5) is 5.69 Å². The summed E-state index contributed by atoms with van der Waals surface area (Å²) in [5.41, 5.74) is -0.122. The Morgan fingerprint density at radius 1 is 1.45 bits per heavy atom. The van der Waals surface area contributed by atoms with Crippen molar-refractivity contribution in [1.82, 2.24) is 5.32 Å². The lowest BCUT2D eigenvalue weighted by Gasteiger charge is -2.13. The van der Waals surface area contributed by atoms with Gasteiger partial charge in [0.2, 0.25) is 0 Å². The fourth-order valence-electron chi connectivity index (χ4n) is 1.45. The van der Waals surface area contributed by atoms with Crippen LogP contribution in [0.3, 0.4) is 0 Å². The number of carbonyl (C=O) groups is 1. The van der Waals surface area contributed by atoms with E-state index in [0.29, 0.717) is 5.75 Å². The van der Waals surface area contributed by atoms with Crippen LogP contribution in [0.15, 0.2) is 18.2 Å². The molecule has 0 saturated carbocycles. The number of rotatable bonds is 7. The number of nitro benzene ring substituents is 1. The van der Waals surface area contributed by atoms with E-state index in [-0.39, 0.29) is 30.0 Å². The summed E-state index contributed by atoms with van der Waals surface area (Å²) in [5.74, 6) is 0.223. The minimum atomic E-state index is -0.536. The monoisotopic (exact) mass is 282 g/mol. The Bertz CT molecular complexity index is 490. The van der Waals surface area contributed by atoms with Crippen LogP contribution in [-0.2, 0) is 4.79 Å². The molecule has 7 heteroatoms. The number of hydrogen-bond donors (Lipinski definition) is 1. The minimum Gasteiger partial charge on any atom is -0.493 e. The Kier molecular flexibility index (Phi) is 5.76. The summed E-state index contributed by atoms with van der Waals surface area (Å²) in [6, 6.07) is 4.03. The maximum atomic E-state index is 11.6. The van der Waals surface area contributed by atoms with Gasteiger partial charge in [-0.3, -0.25) is 14.9 Å². The Morgan fingerprint density at radius 2 is 2.15 bits per heavy atom. The molecule has 110 valence electrons. The topological polar surface area (TPSA) is 90.7 Å². The highest BCUT2D eigenvalue weighted by Gasteiger charge is 2.14. The van der Waals surface area contributed by atoms with Crippen molar-refractivity contribution in [2.75, 3.05) is 13.7 Å². The van der Waals surface area contributed by atoms with E-state index in [9.17, 15) is 14.9 Å². The Hall–Kier alpha value is -2.31. The molecule has 20 heavy (non-hydrogen) atoms. The molecule has 0 spiro atoms. The van der Waals surface area contributed by atoms with Crippen molar-refractivity contribution in [2.45, 2.75) is 26.3 Å². The van der Waals surface area contributed by atoms with E-state index in [1.54, 1.807) is 0 Å². The average Bonchev–Trinajstić information content (AvgIpc) is 2.44. The Balaban J connectivity index is 2.73. The lowest BCUT2D eigenvalue weighted by molar-refractivity contribution is -0.385. The van der Waals surface area contributed by atoms with Crippen LogP contribution in [0.5, 0.6) is 11.5 Å². The standard InChI is InChI=1S/C13H18N2O5/c1-4-9(2)14-13(16)8-20-12-7-10(15(17)18)5-6-11(12)19-3/h5-7,9H,4,8H2,1-3H3,(H,14,16)/t9-/m1/s1. The zero-order chi connectivity index (χ0) is 15.1. The first-order valence-corrected chi connectivity index (χ1v) is 6.22. The number of nitro groups is 1. The van der Waals surface area contributed by atoms with Gasteiger partial charge in [-0.1, -0.05) is 6.92 Å². The number of methoxy groups -OCH3 is 1. The first-order valence-electron chi connectivity index (χ1n) is 6.22. The average molecular weight is 282 g/mol. The maximum Gasteiger partial charge on any atom is 0.273 e. The van der Waals surface area contributed by atoms with E-state index < -0.39 is 4.92 Å². The van der Waals surface area contributed by atoms with Gasteiger partial charge < -0.3 is 14.8 Å². The van der Waals surface area contributed by atoms with Crippen LogP contribution in [-0.4, -0.2) is 30.6 Å². The SMILES string of the molecule is CC[C@@H](C)NC(=O)COc1cc([N+](=O)[O-])ccc1OC. The number of hydrogen-bond acceptors (Lipinski definition) is 5. The molecule has 0 aliphatic rings. The molecule has 0 bridgehead atoms. The second-order valence-corrected chi connectivity index (χ2v) is 4.26. The largest absolute Gasteiger partial charge is 0.493 e. The molecule has 1 rings (SSSR count). The maximum absolute atomic E-state index is 11.6. The second-order valence-electron chi connectivity index (χ2n) is 4.26. The van der Waals surface area contributed by atoms with Gasteiger partial charge in [0.25, 0.3) is 11.6 Å². The summed E-state index contributed by atoms with van der Waals surface area (Å²) in [6.07, 6.45) is 0.811. The van der Waals surface area contributed by atoms with Crippen molar-refractivity contribution < 1.29 is 19.2 Å². The number of ether oxygens (including phenoxy) is 2. The van der Waals surface area contributed by atoms with Crippen molar-refractivity contribution >= 4 is 11.6 Å². The quantitative estimate of drug-likeness (QED) is 0.609. The van der Waals surface area contributed by atoms with Crippen LogP contribution in [0.25, 0.3) is 0 Å². The number of nitrogens with one attached hydrogen (secondary N) is 1. The molecular weight excluding hydrogens is 264 g/mol. The molecule has 0 aliphatic heterocycles. The number of nitrogens with zero attached hydrogens (tertiary/aromatic N) is 1. The van der Waals surface area contributed by atoms with Crippen molar-refractivity contribution in [2.24, 2.45) is 0 Å². The molecule has 7 nitrogen and oxygen atoms in total. The van der Waals surface area contributed by atoms with E-state index in [2.05, 4.69) is 5.32 Å². The van der Waals surface area contributed by atoms with Crippen molar-refractivity contribution in [1.29, 1.82) is 0 Å². The number of amides is 1. The van der Waals surface area contributed by atoms with Gasteiger partial charge in [-0.25, -0.2) is 0 Å². The third-order valence-electron chi connectivity index (χ3n) is 2.74. The molecule has 0 fully saturated rings. The molecular formula is C13H18N2O5. The third-order valence-corrected chi connectivity index (χ3v) is 2.74. The smallest absolute Gasteiger partial charge is 0.273 e. The van der Waals surface area contributed by atoms with Crippen molar-refractivity contribution in [3.8, 4) is 11.5 Å². The van der Waals surface area contributed by atoms with Gasteiger partial charge in [-0.15, -0.1) is 0 Å². The summed E-state index contributed by atoms with van der Waals surface area (Å²) >= 11 is 0. The zero-order valence-corrected chi connectivity index (χ0v) is 11.7. The van der Waals surface area contributed by atoms with E-state index >= 15 is 0 Å². The predicted molar refractivity (Wildman–Crippen MR) is 73.0 cm³/mol. The van der Waals surface area contributed by atoms with Crippen LogP contribution in [0.1, 0.15) is 20.3 Å². The third kappa shape index (κ3) is 4.42. The van der Waals surface area contributed by atoms with Gasteiger partial charge in [-0.2, -0.15) is 0 Å². The highest BCUT2D eigenvalue weighted by molar-refractivity contribution is 5.77. The molecule has 1 aromatic carbocycles. The second kappa shape index (κ2) is 7.32. The number of non-ortho nitro benzene ring substituents is 1. The summed E-state index contributed by atoms with van der Waals surface area (Å²) in [6.45, 7) is 3.61. The van der Waals surface area contributed by atoms with E-state index in [1.807, 2.05) is 13.8 Å².